The van der Waals surface area contributed by atoms with E-state index in [0.29, 0.717) is 13.0 Å². The quantitative estimate of drug-likeness (QED) is 0.180. The second kappa shape index (κ2) is 15.8. The summed E-state index contributed by atoms with van der Waals surface area (Å²) in [5, 5.41) is 17.0. The van der Waals surface area contributed by atoms with Crippen molar-refractivity contribution in [3.63, 3.8) is 0 Å². The Labute approximate surface area is 263 Å². The molecule has 11 heteroatoms. The van der Waals surface area contributed by atoms with Crippen LogP contribution in [-0.2, 0) is 35.8 Å². The van der Waals surface area contributed by atoms with Gasteiger partial charge in [0.1, 0.15) is 11.6 Å². The average Bonchev–Trinajstić information content (AvgIpc) is 3.03. The Morgan fingerprint density at radius 1 is 0.933 bits per heavy atom. The summed E-state index contributed by atoms with van der Waals surface area (Å²) in [5.74, 6) is -2.10. The molecular weight excluding hydrogens is 598 g/mol. The van der Waals surface area contributed by atoms with Gasteiger partial charge in [0.05, 0.1) is 17.0 Å². The highest BCUT2D eigenvalue weighted by atomic mass is 32.2. The van der Waals surface area contributed by atoms with E-state index in [9.17, 15) is 27.1 Å². The van der Waals surface area contributed by atoms with Gasteiger partial charge in [0.2, 0.25) is 10.0 Å². The molecule has 0 aliphatic carbocycles. The Bertz CT molecular complexity index is 1650. The number of halogens is 2. The molecule has 0 aliphatic heterocycles. The zero-order valence-electron chi connectivity index (χ0n) is 25.3. The van der Waals surface area contributed by atoms with Crippen LogP contribution in [0, 0.1) is 11.6 Å². The van der Waals surface area contributed by atoms with Crippen molar-refractivity contribution in [3.05, 3.63) is 131 Å². The van der Waals surface area contributed by atoms with Crippen LogP contribution < -0.4 is 10.6 Å². The number of pyridine rings is 1. The first-order valence-corrected chi connectivity index (χ1v) is 16.2. The van der Waals surface area contributed by atoms with Crippen LogP contribution in [0.5, 0.6) is 0 Å². The first-order valence-electron chi connectivity index (χ1n) is 14.7. The minimum Gasteiger partial charge on any atom is -0.390 e. The minimum atomic E-state index is -3.82. The lowest BCUT2D eigenvalue weighted by Crippen LogP contribution is -2.48. The third-order valence-electron chi connectivity index (χ3n) is 7.47. The summed E-state index contributed by atoms with van der Waals surface area (Å²) in [4.78, 5) is 17.5. The lowest BCUT2D eigenvalue weighted by Gasteiger charge is -2.25. The molecular formula is C34H38F2N4O4S. The molecule has 45 heavy (non-hydrogen) atoms. The molecule has 0 fully saturated rings. The van der Waals surface area contributed by atoms with Crippen molar-refractivity contribution in [2.75, 3.05) is 20.1 Å². The summed E-state index contributed by atoms with van der Waals surface area (Å²) in [6.07, 6.45) is 1.83. The summed E-state index contributed by atoms with van der Waals surface area (Å²) in [5.41, 5.74) is 3.42. The highest BCUT2D eigenvalue weighted by Crippen LogP contribution is 2.17. The zero-order valence-corrected chi connectivity index (χ0v) is 26.1. The lowest BCUT2D eigenvalue weighted by molar-refractivity contribution is 0.0829. The molecule has 4 aromatic rings. The van der Waals surface area contributed by atoms with E-state index in [4.69, 9.17) is 0 Å². The SMILES string of the molecule is CCc1cccc(CNC[C@H](O)[C@H](Cc2cc(F)cc(F)c2)NC(=O)c2ccc(S(=O)(=O)N(C)CCc3ccccn3)cc2)c1. The first-order chi connectivity index (χ1) is 21.5. The maximum atomic E-state index is 13.9. The van der Waals surface area contributed by atoms with E-state index in [1.54, 1.807) is 12.3 Å². The number of aryl methyl sites for hydroxylation is 1. The van der Waals surface area contributed by atoms with Crippen molar-refractivity contribution in [2.24, 2.45) is 0 Å². The molecule has 8 nitrogen and oxygen atoms in total. The summed E-state index contributed by atoms with van der Waals surface area (Å²) < 4.78 is 55.3. The standard InChI is InChI=1S/C34H38F2N4O4S/c1-3-24-7-6-8-25(17-24)22-37-23-33(41)32(20-26-18-28(35)21-29(36)19-26)39-34(42)27-10-12-31(13-11-27)45(43,44)40(2)16-14-30-9-4-5-15-38-30/h4-13,15,17-19,21,32-33,37,41H,3,14,16,20,22-23H2,1-2H3,(H,39,42)/t32-,33-/m0/s1. The largest absolute Gasteiger partial charge is 0.390 e. The number of rotatable bonds is 15. The van der Waals surface area contributed by atoms with E-state index in [1.165, 1.54) is 41.2 Å². The van der Waals surface area contributed by atoms with E-state index in [2.05, 4.69) is 28.6 Å². The molecule has 3 N–H and O–H groups in total. The number of aliphatic hydroxyl groups is 1. The molecule has 4 rings (SSSR count). The number of aliphatic hydroxyl groups excluding tert-OH is 1. The molecule has 0 unspecified atom stereocenters. The minimum absolute atomic E-state index is 0.0192. The number of benzene rings is 3. The molecule has 2 atom stereocenters. The number of amides is 1. The second-order valence-corrected chi connectivity index (χ2v) is 12.9. The van der Waals surface area contributed by atoms with E-state index in [-0.39, 0.29) is 35.5 Å². The Morgan fingerprint density at radius 3 is 2.31 bits per heavy atom. The molecule has 1 amide bonds. The van der Waals surface area contributed by atoms with Gasteiger partial charge in [0.15, 0.2) is 0 Å². The van der Waals surface area contributed by atoms with Crippen LogP contribution in [0.3, 0.4) is 0 Å². The summed E-state index contributed by atoms with van der Waals surface area (Å²) >= 11 is 0. The second-order valence-electron chi connectivity index (χ2n) is 10.9. The van der Waals surface area contributed by atoms with Crippen LogP contribution in [0.25, 0.3) is 0 Å². The maximum absolute atomic E-state index is 13.9. The molecule has 0 saturated heterocycles. The molecule has 0 saturated carbocycles. The van der Waals surface area contributed by atoms with Gasteiger partial charge in [-0.25, -0.2) is 21.5 Å². The number of sulfonamides is 1. The molecule has 0 spiro atoms. The Morgan fingerprint density at radius 2 is 1.64 bits per heavy atom. The fourth-order valence-electron chi connectivity index (χ4n) is 4.88. The molecule has 1 aromatic heterocycles. The molecule has 3 aromatic carbocycles. The number of hydrogen-bond donors (Lipinski definition) is 3. The van der Waals surface area contributed by atoms with Crippen LogP contribution in [-0.4, -0.2) is 61.0 Å². The number of hydrogen-bond acceptors (Lipinski definition) is 6. The van der Waals surface area contributed by atoms with Crippen LogP contribution in [0.1, 0.15) is 39.7 Å². The number of aromatic nitrogens is 1. The summed E-state index contributed by atoms with van der Waals surface area (Å²) in [7, 11) is -2.34. The van der Waals surface area contributed by atoms with Crippen LogP contribution in [0.4, 0.5) is 8.78 Å². The monoisotopic (exact) mass is 636 g/mol. The molecule has 238 valence electrons. The molecule has 0 aliphatic rings. The number of carbonyl (C=O) groups is 1. The van der Waals surface area contributed by atoms with Crippen LogP contribution in [0.2, 0.25) is 0 Å². The van der Waals surface area contributed by atoms with Crippen LogP contribution in [0.15, 0.2) is 96.0 Å². The summed E-state index contributed by atoms with van der Waals surface area (Å²) in [6.45, 7) is 2.86. The van der Waals surface area contributed by atoms with Gasteiger partial charge in [-0.2, -0.15) is 0 Å². The topological polar surface area (TPSA) is 112 Å². The molecule has 1 heterocycles. The van der Waals surface area contributed by atoms with Gasteiger partial charge in [-0.3, -0.25) is 9.78 Å². The van der Waals surface area contributed by atoms with Crippen LogP contribution >= 0.6 is 0 Å². The van der Waals surface area contributed by atoms with Crippen molar-refractivity contribution >= 4 is 15.9 Å². The third kappa shape index (κ3) is 9.73. The van der Waals surface area contributed by atoms with Crippen molar-refractivity contribution in [3.8, 4) is 0 Å². The van der Waals surface area contributed by atoms with E-state index in [0.717, 1.165) is 35.9 Å². The van der Waals surface area contributed by atoms with Gasteiger partial charge in [0, 0.05) is 56.6 Å². The normalized spacial score (nSPS) is 13.0. The number of carbonyl (C=O) groups excluding carboxylic acids is 1. The summed E-state index contributed by atoms with van der Waals surface area (Å²) in [6, 6.07) is 21.1. The Balaban J connectivity index is 1.43. The van der Waals surface area contributed by atoms with Gasteiger partial charge in [0.25, 0.3) is 5.91 Å². The van der Waals surface area contributed by atoms with Gasteiger partial charge in [-0.05, 0) is 78.1 Å². The highest BCUT2D eigenvalue weighted by Gasteiger charge is 2.25. The predicted octanol–water partition coefficient (Wildman–Crippen LogP) is 4.28. The van der Waals surface area contributed by atoms with Crippen molar-refractivity contribution < 1.29 is 27.1 Å². The number of nitrogens with zero attached hydrogens (tertiary/aromatic N) is 2. The fourth-order valence-corrected chi connectivity index (χ4v) is 6.05. The maximum Gasteiger partial charge on any atom is 0.251 e. The van der Waals surface area contributed by atoms with Crippen molar-refractivity contribution in [2.45, 2.75) is 49.8 Å². The van der Waals surface area contributed by atoms with E-state index in [1.807, 2.05) is 30.3 Å². The van der Waals surface area contributed by atoms with Crippen molar-refractivity contribution in [1.29, 1.82) is 0 Å². The number of nitrogens with one attached hydrogen (secondary N) is 2. The van der Waals surface area contributed by atoms with Gasteiger partial charge >= 0.3 is 0 Å². The zero-order chi connectivity index (χ0) is 32.4. The van der Waals surface area contributed by atoms with Gasteiger partial charge in [-0.15, -0.1) is 0 Å². The third-order valence-corrected chi connectivity index (χ3v) is 9.35. The van der Waals surface area contributed by atoms with E-state index >= 15 is 0 Å². The Kier molecular flexibility index (Phi) is 11.9. The fraction of sp³-hybridized carbons (Fsp3) is 0.294. The lowest BCUT2D eigenvalue weighted by atomic mass is 10.00. The highest BCUT2D eigenvalue weighted by molar-refractivity contribution is 7.89. The van der Waals surface area contributed by atoms with Gasteiger partial charge in [-0.1, -0.05) is 37.3 Å². The molecule has 0 bridgehead atoms. The Hall–Kier alpha value is -4.03. The smallest absolute Gasteiger partial charge is 0.251 e. The van der Waals surface area contributed by atoms with Gasteiger partial charge < -0.3 is 15.7 Å². The predicted molar refractivity (Wildman–Crippen MR) is 169 cm³/mol. The molecule has 0 radical (unpaired) electrons. The number of likely N-dealkylation sites (N-methyl/N-ethyl adjacent to an activating group) is 1. The first kappa shape index (κ1) is 33.9. The average molecular weight is 637 g/mol. The van der Waals surface area contributed by atoms with E-state index < -0.39 is 39.7 Å². The van der Waals surface area contributed by atoms with Crippen molar-refractivity contribution in [1.82, 2.24) is 19.9 Å².